The monoisotopic (exact) mass is 361 g/mol. The van der Waals surface area contributed by atoms with Gasteiger partial charge in [0.25, 0.3) is 0 Å². The van der Waals surface area contributed by atoms with Gasteiger partial charge in [-0.2, -0.15) is 0 Å². The zero-order valence-electron chi connectivity index (χ0n) is 15.0. The fourth-order valence-electron chi connectivity index (χ4n) is 3.93. The van der Waals surface area contributed by atoms with Crippen molar-refractivity contribution in [3.8, 4) is 0 Å². The van der Waals surface area contributed by atoms with Crippen LogP contribution in [0.25, 0.3) is 10.9 Å². The first-order valence-corrected chi connectivity index (χ1v) is 8.98. The highest BCUT2D eigenvalue weighted by atomic mass is 19.1. The normalized spacial score (nSPS) is 15.5. The van der Waals surface area contributed by atoms with E-state index in [9.17, 15) is 8.78 Å². The number of halogens is 2. The standard InChI is InChI=1S/C22H17F2N3/c1-12(2)27-11-14-19-13(5-3-8-18(19)27)21-17(9-10-25-21)26-22(14)20-15(23)6-4-7-16(20)24/h3-9,11-12H,10H2,1-2H3. The average molecular weight is 361 g/mol. The Bertz CT molecular complexity index is 1180. The first kappa shape index (κ1) is 16.1. The van der Waals surface area contributed by atoms with Gasteiger partial charge >= 0.3 is 0 Å². The second-order valence-corrected chi connectivity index (χ2v) is 7.08. The lowest BCUT2D eigenvalue weighted by Gasteiger charge is -2.11. The van der Waals surface area contributed by atoms with E-state index in [1.54, 1.807) is 0 Å². The van der Waals surface area contributed by atoms with Gasteiger partial charge in [0.2, 0.25) is 0 Å². The summed E-state index contributed by atoms with van der Waals surface area (Å²) in [5.74, 6) is -1.23. The highest BCUT2D eigenvalue weighted by molar-refractivity contribution is 6.30. The van der Waals surface area contributed by atoms with Gasteiger partial charge in [-0.25, -0.2) is 13.8 Å². The molecule has 3 nitrogen and oxygen atoms in total. The minimum absolute atomic E-state index is 0.0934. The summed E-state index contributed by atoms with van der Waals surface area (Å²) in [6, 6.07) is 10.1. The van der Waals surface area contributed by atoms with Crippen LogP contribution in [0.1, 0.15) is 36.6 Å². The van der Waals surface area contributed by atoms with Crippen molar-refractivity contribution in [2.75, 3.05) is 6.54 Å². The highest BCUT2D eigenvalue weighted by Crippen LogP contribution is 2.36. The Morgan fingerprint density at radius 2 is 1.70 bits per heavy atom. The van der Waals surface area contributed by atoms with Gasteiger partial charge in [-0.3, -0.25) is 4.99 Å². The second-order valence-electron chi connectivity index (χ2n) is 7.08. The smallest absolute Gasteiger partial charge is 0.135 e. The molecule has 0 aliphatic carbocycles. The summed E-state index contributed by atoms with van der Waals surface area (Å²) in [7, 11) is 0. The molecule has 0 fully saturated rings. The highest BCUT2D eigenvalue weighted by Gasteiger charge is 2.29. The van der Waals surface area contributed by atoms with Crippen LogP contribution in [0.2, 0.25) is 0 Å². The maximum absolute atomic E-state index is 14.7. The van der Waals surface area contributed by atoms with Crippen LogP contribution in [0, 0.1) is 11.6 Å². The molecule has 2 aliphatic rings. The first-order chi connectivity index (χ1) is 13.1. The van der Waals surface area contributed by atoms with E-state index in [0.717, 1.165) is 27.7 Å². The maximum Gasteiger partial charge on any atom is 0.135 e. The zero-order valence-corrected chi connectivity index (χ0v) is 15.0. The Balaban J connectivity index is 1.94. The summed E-state index contributed by atoms with van der Waals surface area (Å²) in [5.41, 5.74) is 4.39. The Kier molecular flexibility index (Phi) is 3.41. The summed E-state index contributed by atoms with van der Waals surface area (Å²) >= 11 is 0. The molecule has 0 atom stereocenters. The van der Waals surface area contributed by atoms with Crippen LogP contribution >= 0.6 is 0 Å². The molecule has 134 valence electrons. The number of benzene rings is 2. The molecular formula is C22H17F2N3. The fourth-order valence-corrected chi connectivity index (χ4v) is 3.93. The van der Waals surface area contributed by atoms with Crippen molar-refractivity contribution < 1.29 is 8.78 Å². The molecule has 2 aromatic carbocycles. The molecule has 0 unspecified atom stereocenters. The number of fused-ring (bicyclic) bond motifs is 2. The van der Waals surface area contributed by atoms with Crippen LogP contribution in [-0.2, 0) is 0 Å². The maximum atomic E-state index is 14.7. The Morgan fingerprint density at radius 1 is 0.963 bits per heavy atom. The zero-order chi connectivity index (χ0) is 18.7. The van der Waals surface area contributed by atoms with E-state index in [1.165, 1.54) is 18.2 Å². The van der Waals surface area contributed by atoms with Gasteiger partial charge < -0.3 is 4.57 Å². The molecule has 2 aliphatic heterocycles. The van der Waals surface area contributed by atoms with E-state index in [4.69, 9.17) is 4.99 Å². The van der Waals surface area contributed by atoms with Gasteiger partial charge in [0.05, 0.1) is 29.2 Å². The van der Waals surface area contributed by atoms with Crippen LogP contribution in [0.5, 0.6) is 0 Å². The van der Waals surface area contributed by atoms with Gasteiger partial charge in [0.1, 0.15) is 11.6 Å². The third-order valence-electron chi connectivity index (χ3n) is 5.13. The topological polar surface area (TPSA) is 29.6 Å². The molecule has 1 aromatic heterocycles. The van der Waals surface area contributed by atoms with E-state index in [1.807, 2.05) is 30.5 Å². The molecule has 3 aromatic rings. The van der Waals surface area contributed by atoms with Gasteiger partial charge in [-0.05, 0) is 38.1 Å². The van der Waals surface area contributed by atoms with Crippen LogP contribution in [0.15, 0.2) is 64.4 Å². The quantitative estimate of drug-likeness (QED) is 0.612. The van der Waals surface area contributed by atoms with Crippen molar-refractivity contribution in [2.24, 2.45) is 9.98 Å². The molecule has 3 heterocycles. The number of nitrogens with zero attached hydrogens (tertiary/aromatic N) is 3. The lowest BCUT2D eigenvalue weighted by molar-refractivity contribution is 0.579. The van der Waals surface area contributed by atoms with E-state index in [0.29, 0.717) is 18.0 Å². The minimum atomic E-state index is -0.615. The number of aliphatic imine (C=N–C) groups is 2. The minimum Gasteiger partial charge on any atom is -0.344 e. The van der Waals surface area contributed by atoms with Crippen molar-refractivity contribution in [1.82, 2.24) is 4.57 Å². The van der Waals surface area contributed by atoms with Crippen LogP contribution in [-0.4, -0.2) is 22.5 Å². The summed E-state index contributed by atoms with van der Waals surface area (Å²) in [5, 5.41) is 0.941. The fraction of sp³-hybridized carbons (Fsp3) is 0.182. The Morgan fingerprint density at radius 3 is 2.44 bits per heavy atom. The van der Waals surface area contributed by atoms with Crippen molar-refractivity contribution in [2.45, 2.75) is 19.9 Å². The number of hydrogen-bond acceptors (Lipinski definition) is 2. The summed E-state index contributed by atoms with van der Waals surface area (Å²) in [4.78, 5) is 9.28. The number of allylic oxidation sites excluding steroid dienone is 1. The molecule has 0 saturated heterocycles. The van der Waals surface area contributed by atoms with Crippen molar-refractivity contribution in [3.05, 3.63) is 82.7 Å². The van der Waals surface area contributed by atoms with E-state index < -0.39 is 11.6 Å². The predicted octanol–water partition coefficient (Wildman–Crippen LogP) is 5.04. The lowest BCUT2D eigenvalue weighted by Crippen LogP contribution is -2.09. The molecule has 0 spiro atoms. The average Bonchev–Trinajstić information content (AvgIpc) is 3.22. The number of aromatic nitrogens is 1. The largest absolute Gasteiger partial charge is 0.344 e. The van der Waals surface area contributed by atoms with E-state index >= 15 is 0 Å². The van der Waals surface area contributed by atoms with Crippen molar-refractivity contribution in [3.63, 3.8) is 0 Å². The van der Waals surface area contributed by atoms with E-state index in [2.05, 4.69) is 23.4 Å². The molecular weight excluding hydrogens is 344 g/mol. The third kappa shape index (κ3) is 2.24. The Hall–Kier alpha value is -3.08. The molecule has 0 bridgehead atoms. The number of rotatable bonds is 2. The molecule has 0 N–H and O–H groups in total. The predicted molar refractivity (Wildman–Crippen MR) is 104 cm³/mol. The molecule has 5 heteroatoms. The van der Waals surface area contributed by atoms with Crippen molar-refractivity contribution >= 4 is 22.3 Å². The Labute approximate surface area is 155 Å². The third-order valence-corrected chi connectivity index (χ3v) is 5.13. The summed E-state index contributed by atoms with van der Waals surface area (Å²) in [6.45, 7) is 4.69. The summed E-state index contributed by atoms with van der Waals surface area (Å²) < 4.78 is 31.4. The van der Waals surface area contributed by atoms with Crippen LogP contribution in [0.3, 0.4) is 0 Å². The van der Waals surface area contributed by atoms with Gasteiger partial charge in [-0.1, -0.05) is 18.2 Å². The van der Waals surface area contributed by atoms with Gasteiger partial charge in [0.15, 0.2) is 0 Å². The molecule has 27 heavy (non-hydrogen) atoms. The van der Waals surface area contributed by atoms with Crippen molar-refractivity contribution in [1.29, 1.82) is 0 Å². The van der Waals surface area contributed by atoms with E-state index in [-0.39, 0.29) is 11.6 Å². The van der Waals surface area contributed by atoms with Gasteiger partial charge in [0, 0.05) is 34.3 Å². The molecule has 0 saturated carbocycles. The van der Waals surface area contributed by atoms with Crippen LogP contribution in [0.4, 0.5) is 8.78 Å². The molecule has 0 radical (unpaired) electrons. The lowest BCUT2D eigenvalue weighted by atomic mass is 9.97. The molecule has 5 rings (SSSR count). The molecule has 0 amide bonds. The second kappa shape index (κ2) is 5.71. The summed E-state index contributed by atoms with van der Waals surface area (Å²) in [6.07, 6.45) is 3.85. The van der Waals surface area contributed by atoms with Gasteiger partial charge in [-0.15, -0.1) is 0 Å². The van der Waals surface area contributed by atoms with Crippen LogP contribution < -0.4 is 0 Å². The first-order valence-electron chi connectivity index (χ1n) is 8.98. The number of hydrogen-bond donors (Lipinski definition) is 0. The SMILES string of the molecule is CC(C)n1cc2c3c(cccc31)C1=NCC=C1N=C2c1c(F)cccc1F.